The number of oxime groups is 1. The Hall–Kier alpha value is -1.30. The molecule has 6 nitrogen and oxygen atoms in total. The molecule has 3 fully saturated rings. The van der Waals surface area contributed by atoms with Crippen LogP contribution in [0.1, 0.15) is 26.7 Å². The van der Waals surface area contributed by atoms with Crippen molar-refractivity contribution in [2.24, 2.45) is 22.2 Å². The molecular formula is C12H22N4O2. The number of hydrogen-bond donors (Lipinski definition) is 3. The minimum Gasteiger partial charge on any atom is -0.409 e. The van der Waals surface area contributed by atoms with E-state index in [-0.39, 0.29) is 17.8 Å². The van der Waals surface area contributed by atoms with Crippen molar-refractivity contribution < 1.29 is 10.0 Å². The zero-order valence-corrected chi connectivity index (χ0v) is 11.0. The monoisotopic (exact) mass is 254 g/mol. The molecular weight excluding hydrogens is 232 g/mol. The highest BCUT2D eigenvalue weighted by atomic mass is 16.4. The second-order valence-electron chi connectivity index (χ2n) is 5.83. The van der Waals surface area contributed by atoms with Crippen molar-refractivity contribution in [2.45, 2.75) is 32.7 Å². The molecule has 0 aromatic heterocycles. The van der Waals surface area contributed by atoms with Crippen LogP contribution in [0.2, 0.25) is 0 Å². The van der Waals surface area contributed by atoms with E-state index in [1.54, 1.807) is 13.8 Å². The predicted octanol–water partition coefficient (Wildman–Crippen LogP) is -0.0306. The summed E-state index contributed by atoms with van der Waals surface area (Å²) in [4.78, 5) is 14.6. The van der Waals surface area contributed by atoms with Gasteiger partial charge in [0.05, 0.1) is 0 Å². The van der Waals surface area contributed by atoms with Gasteiger partial charge >= 0.3 is 0 Å². The van der Waals surface area contributed by atoms with Crippen molar-refractivity contribution in [3.8, 4) is 0 Å². The average Bonchev–Trinajstić information content (AvgIpc) is 2.39. The molecule has 3 saturated heterocycles. The molecule has 0 aromatic rings. The van der Waals surface area contributed by atoms with Crippen molar-refractivity contribution in [2.75, 3.05) is 19.6 Å². The van der Waals surface area contributed by atoms with Crippen LogP contribution < -0.4 is 11.1 Å². The fraction of sp³-hybridized carbons (Fsp3) is 0.833. The van der Waals surface area contributed by atoms with Crippen LogP contribution in [0.4, 0.5) is 0 Å². The topological polar surface area (TPSA) is 91.0 Å². The molecule has 18 heavy (non-hydrogen) atoms. The second kappa shape index (κ2) is 4.76. The second-order valence-corrected chi connectivity index (χ2v) is 5.83. The summed E-state index contributed by atoms with van der Waals surface area (Å²) in [6, 6.07) is 0.200. The zero-order chi connectivity index (χ0) is 13.3. The van der Waals surface area contributed by atoms with Crippen molar-refractivity contribution >= 4 is 11.7 Å². The highest BCUT2D eigenvalue weighted by Crippen LogP contribution is 2.28. The van der Waals surface area contributed by atoms with Gasteiger partial charge in [-0.15, -0.1) is 0 Å². The summed E-state index contributed by atoms with van der Waals surface area (Å²) in [6.07, 6.45) is 2.30. The smallest absolute Gasteiger partial charge is 0.233 e. The van der Waals surface area contributed by atoms with Gasteiger partial charge in [-0.3, -0.25) is 4.79 Å². The van der Waals surface area contributed by atoms with Crippen molar-refractivity contribution in [3.05, 3.63) is 0 Å². The van der Waals surface area contributed by atoms with E-state index in [4.69, 9.17) is 10.9 Å². The van der Waals surface area contributed by atoms with Crippen LogP contribution in [0.15, 0.2) is 5.16 Å². The Labute approximate surface area is 107 Å². The Balaban J connectivity index is 1.99. The Morgan fingerprint density at radius 1 is 1.44 bits per heavy atom. The molecule has 4 N–H and O–H groups in total. The quantitative estimate of drug-likeness (QED) is 0.285. The Morgan fingerprint density at radius 2 is 2.06 bits per heavy atom. The van der Waals surface area contributed by atoms with Gasteiger partial charge in [0.2, 0.25) is 5.91 Å². The van der Waals surface area contributed by atoms with Gasteiger partial charge in [-0.25, -0.2) is 0 Å². The molecule has 2 bridgehead atoms. The van der Waals surface area contributed by atoms with Gasteiger partial charge in [0.25, 0.3) is 0 Å². The molecule has 0 saturated carbocycles. The average molecular weight is 254 g/mol. The Bertz CT molecular complexity index is 359. The Morgan fingerprint density at radius 3 is 2.50 bits per heavy atom. The van der Waals surface area contributed by atoms with E-state index in [0.29, 0.717) is 5.92 Å². The lowest BCUT2D eigenvalue weighted by Crippen LogP contribution is -2.60. The number of carbonyl (C=O) groups is 1. The number of nitrogens with zero attached hydrogens (tertiary/aromatic N) is 2. The maximum atomic E-state index is 12.2. The minimum absolute atomic E-state index is 0.0544. The van der Waals surface area contributed by atoms with Crippen LogP contribution in [0.25, 0.3) is 0 Å². The number of carbonyl (C=O) groups excluding carboxylic acids is 1. The fourth-order valence-corrected chi connectivity index (χ4v) is 2.72. The summed E-state index contributed by atoms with van der Waals surface area (Å²) in [5, 5.41) is 14.7. The summed E-state index contributed by atoms with van der Waals surface area (Å²) >= 11 is 0. The van der Waals surface area contributed by atoms with Gasteiger partial charge in [0, 0.05) is 12.6 Å². The number of amides is 1. The minimum atomic E-state index is -0.971. The maximum absolute atomic E-state index is 12.2. The van der Waals surface area contributed by atoms with Gasteiger partial charge < -0.3 is 21.2 Å². The number of fused-ring (bicyclic) bond motifs is 3. The number of amidine groups is 1. The lowest BCUT2D eigenvalue weighted by atomic mass is 9.82. The first-order valence-electron chi connectivity index (χ1n) is 6.46. The van der Waals surface area contributed by atoms with Crippen molar-refractivity contribution in [1.29, 1.82) is 0 Å². The third-order valence-corrected chi connectivity index (χ3v) is 4.29. The van der Waals surface area contributed by atoms with Crippen molar-refractivity contribution in [1.82, 2.24) is 10.2 Å². The number of rotatable bonds is 3. The van der Waals surface area contributed by atoms with E-state index in [2.05, 4.69) is 15.4 Å². The van der Waals surface area contributed by atoms with Crippen LogP contribution >= 0.6 is 0 Å². The molecule has 1 atom stereocenters. The number of piperidine rings is 3. The zero-order valence-electron chi connectivity index (χ0n) is 11.0. The first kappa shape index (κ1) is 13.1. The summed E-state index contributed by atoms with van der Waals surface area (Å²) < 4.78 is 0. The van der Waals surface area contributed by atoms with E-state index in [1.807, 2.05) is 0 Å². The molecule has 3 aliphatic heterocycles. The fourth-order valence-electron chi connectivity index (χ4n) is 2.72. The molecule has 0 radical (unpaired) electrons. The first-order valence-corrected chi connectivity index (χ1v) is 6.46. The summed E-state index contributed by atoms with van der Waals surface area (Å²) in [5.74, 6) is 0.347. The van der Waals surface area contributed by atoms with E-state index >= 15 is 0 Å². The molecule has 3 aliphatic rings. The van der Waals surface area contributed by atoms with Crippen LogP contribution in [-0.2, 0) is 4.79 Å². The molecule has 1 amide bonds. The highest BCUT2D eigenvalue weighted by molar-refractivity contribution is 6.05. The van der Waals surface area contributed by atoms with Crippen LogP contribution in [0, 0.1) is 11.3 Å². The van der Waals surface area contributed by atoms with E-state index in [1.165, 1.54) is 0 Å². The number of hydrogen-bond acceptors (Lipinski definition) is 4. The molecule has 6 heteroatoms. The molecule has 0 aromatic carbocycles. The Kier molecular flexibility index (Phi) is 3.47. The van der Waals surface area contributed by atoms with Gasteiger partial charge in [0.1, 0.15) is 5.41 Å². The molecule has 3 heterocycles. The normalized spacial score (nSPS) is 32.3. The summed E-state index contributed by atoms with van der Waals surface area (Å²) in [7, 11) is 0. The lowest BCUT2D eigenvalue weighted by Gasteiger charge is -2.45. The highest BCUT2D eigenvalue weighted by Gasteiger charge is 2.39. The van der Waals surface area contributed by atoms with E-state index in [0.717, 1.165) is 32.5 Å². The number of nitrogens with one attached hydrogen (secondary N) is 1. The van der Waals surface area contributed by atoms with Gasteiger partial charge in [0.15, 0.2) is 5.84 Å². The lowest BCUT2D eigenvalue weighted by molar-refractivity contribution is -0.128. The summed E-state index contributed by atoms with van der Waals surface area (Å²) in [6.45, 7) is 6.53. The molecule has 1 unspecified atom stereocenters. The molecule has 102 valence electrons. The van der Waals surface area contributed by atoms with E-state index < -0.39 is 5.41 Å². The van der Waals surface area contributed by atoms with Crippen LogP contribution in [-0.4, -0.2) is 47.5 Å². The van der Waals surface area contributed by atoms with E-state index in [9.17, 15) is 4.79 Å². The first-order chi connectivity index (χ1) is 8.45. The van der Waals surface area contributed by atoms with Crippen LogP contribution in [0.3, 0.4) is 0 Å². The standard InChI is InChI=1S/C12H22N4O2/c1-12(2,10(13)15-18)11(17)14-9-7-16-5-3-8(9)4-6-16/h8-9,18H,3-7H2,1-2H3,(H2,13,15)(H,14,17). The SMILES string of the molecule is CC(C)(C(=O)NC1CN2CCC1CC2)C(N)=NO. The largest absolute Gasteiger partial charge is 0.409 e. The van der Waals surface area contributed by atoms with Gasteiger partial charge in [-0.1, -0.05) is 5.16 Å². The molecule has 0 spiro atoms. The molecule has 0 aliphatic carbocycles. The van der Waals surface area contributed by atoms with Crippen molar-refractivity contribution in [3.63, 3.8) is 0 Å². The third-order valence-electron chi connectivity index (χ3n) is 4.29. The third kappa shape index (κ3) is 2.29. The van der Waals surface area contributed by atoms with Gasteiger partial charge in [-0.05, 0) is 45.7 Å². The molecule has 3 rings (SSSR count). The predicted molar refractivity (Wildman–Crippen MR) is 68.3 cm³/mol. The van der Waals surface area contributed by atoms with Gasteiger partial charge in [-0.2, -0.15) is 0 Å². The summed E-state index contributed by atoms with van der Waals surface area (Å²) in [5.41, 5.74) is 4.59. The van der Waals surface area contributed by atoms with Crippen LogP contribution in [0.5, 0.6) is 0 Å². The number of nitrogens with two attached hydrogens (primary N) is 1. The maximum Gasteiger partial charge on any atom is 0.233 e.